The van der Waals surface area contributed by atoms with E-state index in [1.165, 1.54) is 4.90 Å². The van der Waals surface area contributed by atoms with Gasteiger partial charge in [-0.05, 0) is 48.7 Å². The monoisotopic (exact) mass is 378 g/mol. The number of nitrogens with zero attached hydrogens (tertiary/aromatic N) is 2. The average molecular weight is 378 g/mol. The maximum atomic E-state index is 12.8. The van der Waals surface area contributed by atoms with E-state index in [1.54, 1.807) is 31.2 Å². The second-order valence-corrected chi connectivity index (χ2v) is 6.58. The molecule has 0 radical (unpaired) electrons. The molecule has 0 saturated heterocycles. The summed E-state index contributed by atoms with van der Waals surface area (Å²) in [5, 5.41) is 11.7. The van der Waals surface area contributed by atoms with Crippen LogP contribution in [0.15, 0.2) is 36.4 Å². The van der Waals surface area contributed by atoms with Crippen LogP contribution in [0.2, 0.25) is 0 Å². The van der Waals surface area contributed by atoms with Gasteiger partial charge in [-0.2, -0.15) is 5.26 Å². The molecular formula is C21H22N4O3. The lowest BCUT2D eigenvalue weighted by Gasteiger charge is -2.26. The lowest BCUT2D eigenvalue weighted by molar-refractivity contribution is -0.143. The molecule has 2 amide bonds. The quantitative estimate of drug-likeness (QED) is 0.748. The molecule has 1 atom stereocenters. The van der Waals surface area contributed by atoms with E-state index in [9.17, 15) is 9.59 Å². The number of nitriles is 1. The topological polar surface area (TPSA) is 108 Å². The highest BCUT2D eigenvalue weighted by atomic mass is 16.5. The van der Waals surface area contributed by atoms with Gasteiger partial charge < -0.3 is 20.7 Å². The van der Waals surface area contributed by atoms with Crippen LogP contribution in [0, 0.1) is 18.3 Å². The molecule has 0 fully saturated rings. The van der Waals surface area contributed by atoms with Crippen molar-refractivity contribution in [3.8, 4) is 6.07 Å². The van der Waals surface area contributed by atoms with E-state index in [-0.39, 0.29) is 19.1 Å². The van der Waals surface area contributed by atoms with E-state index in [1.807, 2.05) is 25.1 Å². The number of anilines is 1. The van der Waals surface area contributed by atoms with E-state index in [0.717, 1.165) is 11.1 Å². The molecular weight excluding hydrogens is 356 g/mol. The van der Waals surface area contributed by atoms with Crippen LogP contribution in [0.25, 0.3) is 0 Å². The van der Waals surface area contributed by atoms with Crippen LogP contribution in [0.3, 0.4) is 0 Å². The molecule has 1 aliphatic rings. The second kappa shape index (κ2) is 8.11. The zero-order chi connectivity index (χ0) is 20.3. The highest BCUT2D eigenvalue weighted by Crippen LogP contribution is 2.27. The Bertz CT molecular complexity index is 965. The van der Waals surface area contributed by atoms with Gasteiger partial charge in [-0.3, -0.25) is 9.59 Å². The number of nitrogen functional groups attached to an aromatic ring is 1. The molecule has 0 aliphatic carbocycles. The molecule has 3 N–H and O–H groups in total. The fraction of sp³-hybridized carbons (Fsp3) is 0.286. The van der Waals surface area contributed by atoms with Crippen molar-refractivity contribution in [2.75, 3.05) is 12.3 Å². The van der Waals surface area contributed by atoms with Crippen molar-refractivity contribution in [1.29, 1.82) is 5.26 Å². The van der Waals surface area contributed by atoms with Crippen LogP contribution in [0.5, 0.6) is 0 Å². The summed E-state index contributed by atoms with van der Waals surface area (Å²) in [7, 11) is 0. The molecule has 2 aromatic carbocycles. The number of fused-ring (bicyclic) bond motifs is 1. The molecule has 1 heterocycles. The summed E-state index contributed by atoms with van der Waals surface area (Å²) in [6.07, 6.45) is -1.02. The Morgan fingerprint density at radius 1 is 1.39 bits per heavy atom. The van der Waals surface area contributed by atoms with Gasteiger partial charge in [-0.25, -0.2) is 0 Å². The van der Waals surface area contributed by atoms with Gasteiger partial charge in [-0.1, -0.05) is 18.2 Å². The third-order valence-corrected chi connectivity index (χ3v) is 4.79. The highest BCUT2D eigenvalue weighted by molar-refractivity contribution is 6.01. The molecule has 1 aliphatic heterocycles. The molecule has 0 saturated carbocycles. The summed E-state index contributed by atoms with van der Waals surface area (Å²) in [5.74, 6) is -0.630. The average Bonchev–Trinajstić information content (AvgIpc) is 3.02. The van der Waals surface area contributed by atoms with Crippen LogP contribution < -0.4 is 11.1 Å². The molecule has 3 rings (SSSR count). The van der Waals surface area contributed by atoms with Crippen LogP contribution in [-0.2, 0) is 22.6 Å². The first-order chi connectivity index (χ1) is 13.5. The largest absolute Gasteiger partial charge is 0.398 e. The van der Waals surface area contributed by atoms with Gasteiger partial charge in [0.15, 0.2) is 0 Å². The standard InChI is InChI=1S/C21H22N4O3/c1-3-28-21(25-12-17-13(2)5-4-6-16(17)20(25)27)19(26)24-11-15-8-7-14(10-22)9-18(15)23/h4-9,21H,3,11-12,23H2,1-2H3,(H,24,26). The van der Waals surface area contributed by atoms with Gasteiger partial charge in [-0.15, -0.1) is 0 Å². The minimum atomic E-state index is -1.02. The van der Waals surface area contributed by atoms with Crippen LogP contribution in [-0.4, -0.2) is 29.5 Å². The zero-order valence-electron chi connectivity index (χ0n) is 15.9. The van der Waals surface area contributed by atoms with Crippen LogP contribution >= 0.6 is 0 Å². The summed E-state index contributed by atoms with van der Waals surface area (Å²) >= 11 is 0. The van der Waals surface area contributed by atoms with Crippen LogP contribution in [0.1, 0.15) is 39.5 Å². The maximum Gasteiger partial charge on any atom is 0.270 e. The third kappa shape index (κ3) is 3.68. The summed E-state index contributed by atoms with van der Waals surface area (Å²) < 4.78 is 5.60. The fourth-order valence-electron chi connectivity index (χ4n) is 3.26. The number of ether oxygens (including phenoxy) is 1. The number of aryl methyl sites for hydroxylation is 1. The van der Waals surface area contributed by atoms with Gasteiger partial charge in [0.1, 0.15) is 0 Å². The Labute approximate surface area is 163 Å². The summed E-state index contributed by atoms with van der Waals surface area (Å²) in [6.45, 7) is 4.51. The lowest BCUT2D eigenvalue weighted by atomic mass is 10.1. The normalized spacial score (nSPS) is 13.8. The first-order valence-electron chi connectivity index (χ1n) is 9.03. The van der Waals surface area contributed by atoms with Crippen molar-refractivity contribution in [1.82, 2.24) is 10.2 Å². The predicted molar refractivity (Wildman–Crippen MR) is 104 cm³/mol. The molecule has 1 unspecified atom stereocenters. The van der Waals surface area contributed by atoms with E-state index in [2.05, 4.69) is 5.32 Å². The number of nitrogens with one attached hydrogen (secondary N) is 1. The SMILES string of the molecule is CCOC(C(=O)NCc1ccc(C#N)cc1N)N1Cc2c(C)cccc2C1=O. The number of hydrogen-bond donors (Lipinski definition) is 2. The van der Waals surface area contributed by atoms with E-state index in [0.29, 0.717) is 28.9 Å². The van der Waals surface area contributed by atoms with Gasteiger partial charge in [0.25, 0.3) is 11.8 Å². The van der Waals surface area contributed by atoms with E-state index < -0.39 is 12.1 Å². The number of carbonyl (C=O) groups excluding carboxylic acids is 2. The highest BCUT2D eigenvalue weighted by Gasteiger charge is 2.37. The molecule has 0 aromatic heterocycles. The number of rotatable bonds is 6. The minimum absolute atomic E-state index is 0.175. The van der Waals surface area contributed by atoms with Crippen molar-refractivity contribution in [2.45, 2.75) is 33.2 Å². The molecule has 2 aromatic rings. The molecule has 28 heavy (non-hydrogen) atoms. The van der Waals surface area contributed by atoms with Crippen molar-refractivity contribution < 1.29 is 14.3 Å². The van der Waals surface area contributed by atoms with Gasteiger partial charge in [0.2, 0.25) is 6.23 Å². The molecule has 7 heteroatoms. The Balaban J connectivity index is 1.74. The number of nitrogens with two attached hydrogens (primary N) is 1. The second-order valence-electron chi connectivity index (χ2n) is 6.58. The Morgan fingerprint density at radius 2 is 2.18 bits per heavy atom. The third-order valence-electron chi connectivity index (χ3n) is 4.79. The number of carbonyl (C=O) groups is 2. The van der Waals surface area contributed by atoms with Gasteiger partial charge in [0.05, 0.1) is 18.2 Å². The first-order valence-corrected chi connectivity index (χ1v) is 9.03. The van der Waals surface area contributed by atoms with Crippen LogP contribution in [0.4, 0.5) is 5.69 Å². The Kier molecular flexibility index (Phi) is 5.62. The first kappa shape index (κ1) is 19.4. The molecule has 0 spiro atoms. The lowest BCUT2D eigenvalue weighted by Crippen LogP contribution is -2.48. The Hall–Kier alpha value is -3.37. The molecule has 7 nitrogen and oxygen atoms in total. The Morgan fingerprint density at radius 3 is 2.82 bits per heavy atom. The van der Waals surface area contributed by atoms with Gasteiger partial charge in [0, 0.05) is 24.4 Å². The van der Waals surface area contributed by atoms with E-state index in [4.69, 9.17) is 15.7 Å². The summed E-state index contributed by atoms with van der Waals surface area (Å²) in [5.41, 5.74) is 10.0. The van der Waals surface area contributed by atoms with Crippen molar-refractivity contribution >= 4 is 17.5 Å². The molecule has 0 bridgehead atoms. The van der Waals surface area contributed by atoms with Crippen molar-refractivity contribution in [3.63, 3.8) is 0 Å². The zero-order valence-corrected chi connectivity index (χ0v) is 15.9. The van der Waals surface area contributed by atoms with Gasteiger partial charge >= 0.3 is 0 Å². The smallest absolute Gasteiger partial charge is 0.270 e. The molecule has 144 valence electrons. The number of amides is 2. The van der Waals surface area contributed by atoms with Crippen molar-refractivity contribution in [3.05, 3.63) is 64.2 Å². The summed E-state index contributed by atoms with van der Waals surface area (Å²) in [4.78, 5) is 27.0. The number of benzene rings is 2. The van der Waals surface area contributed by atoms with Crippen molar-refractivity contribution in [2.24, 2.45) is 0 Å². The predicted octanol–water partition coefficient (Wildman–Crippen LogP) is 2.08. The summed E-state index contributed by atoms with van der Waals surface area (Å²) in [6, 6.07) is 12.5. The maximum absolute atomic E-state index is 12.8. The number of hydrogen-bond acceptors (Lipinski definition) is 5. The minimum Gasteiger partial charge on any atom is -0.398 e. The fourth-order valence-corrected chi connectivity index (χ4v) is 3.26. The van der Waals surface area contributed by atoms with E-state index >= 15 is 0 Å².